The molecule has 0 bridgehead atoms. The molecule has 1 fully saturated rings. The molecule has 1 aliphatic rings. The number of anilines is 2. The van der Waals surface area contributed by atoms with Crippen molar-refractivity contribution < 1.29 is 31.1 Å². The fourth-order valence-corrected chi connectivity index (χ4v) is 6.04. The number of hydrogen-bond acceptors (Lipinski definition) is 6. The molecule has 3 aromatic carbocycles. The zero-order valence-corrected chi connectivity index (χ0v) is 20.8. The topological polar surface area (TPSA) is 88.6 Å². The maximum Gasteiger partial charge on any atom is 0.261 e. The Morgan fingerprint density at radius 2 is 1.78 bits per heavy atom. The van der Waals surface area contributed by atoms with Crippen molar-refractivity contribution in [2.75, 3.05) is 22.8 Å². The number of halogens is 3. The molecule has 37 heavy (non-hydrogen) atoms. The van der Waals surface area contributed by atoms with E-state index < -0.39 is 33.4 Å². The SMILES string of the molecule is O=C(c1ccc(NS(=O)(=O)c2ccc(F)cc2)cc1)N(CC1CCCO1)c1nc2c(F)cc(F)cc2s1. The van der Waals surface area contributed by atoms with Gasteiger partial charge in [0, 0.05) is 23.9 Å². The number of carbonyl (C=O) groups is 1. The zero-order chi connectivity index (χ0) is 26.2. The maximum atomic E-state index is 14.3. The van der Waals surface area contributed by atoms with Crippen LogP contribution in [-0.2, 0) is 14.8 Å². The van der Waals surface area contributed by atoms with Crippen LogP contribution in [0, 0.1) is 17.5 Å². The lowest BCUT2D eigenvalue weighted by atomic mass is 10.1. The second-order valence-corrected chi connectivity index (χ2v) is 11.1. The Kier molecular flexibility index (Phi) is 6.88. The number of amides is 1. The summed E-state index contributed by atoms with van der Waals surface area (Å²) in [4.78, 5) is 19.0. The van der Waals surface area contributed by atoms with E-state index in [9.17, 15) is 26.4 Å². The second-order valence-electron chi connectivity index (χ2n) is 8.42. The van der Waals surface area contributed by atoms with Crippen LogP contribution in [0.15, 0.2) is 65.6 Å². The minimum absolute atomic E-state index is 0.0305. The predicted molar refractivity (Wildman–Crippen MR) is 134 cm³/mol. The number of aromatic nitrogens is 1. The molecule has 2 heterocycles. The molecule has 5 rings (SSSR count). The number of hydrogen-bond donors (Lipinski definition) is 1. The third kappa shape index (κ3) is 5.45. The van der Waals surface area contributed by atoms with Crippen LogP contribution in [-0.4, -0.2) is 38.6 Å². The first-order chi connectivity index (χ1) is 17.7. The van der Waals surface area contributed by atoms with Gasteiger partial charge in [0.05, 0.1) is 22.2 Å². The Hall–Kier alpha value is -3.48. The molecule has 1 saturated heterocycles. The lowest BCUT2D eigenvalue weighted by molar-refractivity contribution is 0.0917. The van der Waals surface area contributed by atoms with Gasteiger partial charge in [0.1, 0.15) is 17.2 Å². The number of rotatable bonds is 7. The normalized spacial score (nSPS) is 15.7. The first-order valence-corrected chi connectivity index (χ1v) is 13.6. The molecule has 0 aliphatic carbocycles. The lowest BCUT2D eigenvalue weighted by Crippen LogP contribution is -2.37. The van der Waals surface area contributed by atoms with E-state index in [0.29, 0.717) is 6.61 Å². The first-order valence-electron chi connectivity index (χ1n) is 11.3. The summed E-state index contributed by atoms with van der Waals surface area (Å²) in [6, 6.07) is 12.0. The van der Waals surface area contributed by atoms with E-state index in [1.807, 2.05) is 0 Å². The van der Waals surface area contributed by atoms with Crippen molar-refractivity contribution in [2.45, 2.75) is 23.8 Å². The average Bonchev–Trinajstić information content (AvgIpc) is 3.53. The monoisotopic (exact) mass is 547 g/mol. The number of ether oxygens (including phenoxy) is 1. The minimum Gasteiger partial charge on any atom is -0.376 e. The third-order valence-corrected chi connectivity index (χ3v) is 8.22. The highest BCUT2D eigenvalue weighted by Gasteiger charge is 2.28. The Labute approximate surface area is 214 Å². The minimum atomic E-state index is -3.96. The smallest absolute Gasteiger partial charge is 0.261 e. The quantitative estimate of drug-likeness (QED) is 0.338. The fourth-order valence-electron chi connectivity index (χ4n) is 3.97. The van der Waals surface area contributed by atoms with Gasteiger partial charge in [-0.3, -0.25) is 14.4 Å². The molecular weight excluding hydrogens is 527 g/mol. The van der Waals surface area contributed by atoms with Crippen molar-refractivity contribution >= 4 is 48.3 Å². The lowest BCUT2D eigenvalue weighted by Gasteiger charge is -2.23. The molecule has 1 aliphatic heterocycles. The number of nitrogens with one attached hydrogen (secondary N) is 1. The standard InChI is InChI=1S/C25H20F3N3O4S2/c26-16-5-9-20(10-6-16)37(33,34)30-18-7-3-15(4-8-18)24(32)31(14-19-2-1-11-35-19)25-29-23-21(28)12-17(27)13-22(23)36-25/h3-10,12-13,19,30H,1-2,11,14H2. The van der Waals surface area contributed by atoms with Gasteiger partial charge in [-0.15, -0.1) is 0 Å². The van der Waals surface area contributed by atoms with Crippen LogP contribution in [0.5, 0.6) is 0 Å². The summed E-state index contributed by atoms with van der Waals surface area (Å²) in [7, 11) is -3.96. The molecule has 4 aromatic rings. The van der Waals surface area contributed by atoms with Gasteiger partial charge in [0.15, 0.2) is 10.9 Å². The number of nitrogens with zero attached hydrogens (tertiary/aromatic N) is 2. The highest BCUT2D eigenvalue weighted by atomic mass is 32.2. The largest absolute Gasteiger partial charge is 0.376 e. The van der Waals surface area contributed by atoms with Crippen molar-refractivity contribution in [3.05, 3.63) is 83.7 Å². The van der Waals surface area contributed by atoms with Crippen LogP contribution in [0.4, 0.5) is 24.0 Å². The molecule has 12 heteroatoms. The van der Waals surface area contributed by atoms with Crippen LogP contribution in [0.2, 0.25) is 0 Å². The van der Waals surface area contributed by atoms with E-state index in [4.69, 9.17) is 4.74 Å². The molecule has 1 N–H and O–H groups in total. The van der Waals surface area contributed by atoms with Gasteiger partial charge in [-0.1, -0.05) is 11.3 Å². The number of benzene rings is 3. The summed E-state index contributed by atoms with van der Waals surface area (Å²) in [5.41, 5.74) is 0.398. The first kappa shape index (κ1) is 25.2. The Morgan fingerprint density at radius 1 is 1.05 bits per heavy atom. The van der Waals surface area contributed by atoms with Gasteiger partial charge in [-0.2, -0.15) is 0 Å². The van der Waals surface area contributed by atoms with Crippen molar-refractivity contribution in [2.24, 2.45) is 0 Å². The van der Waals surface area contributed by atoms with Crippen LogP contribution in [0.25, 0.3) is 10.2 Å². The zero-order valence-electron chi connectivity index (χ0n) is 19.2. The number of carbonyl (C=O) groups excluding carboxylic acids is 1. The van der Waals surface area contributed by atoms with E-state index in [-0.39, 0.29) is 44.1 Å². The summed E-state index contributed by atoms with van der Waals surface area (Å²) in [6.07, 6.45) is 1.34. The van der Waals surface area contributed by atoms with Crippen molar-refractivity contribution in [1.29, 1.82) is 0 Å². The molecule has 1 unspecified atom stereocenters. The number of thiazole rings is 1. The Morgan fingerprint density at radius 3 is 2.46 bits per heavy atom. The summed E-state index contributed by atoms with van der Waals surface area (Å²) < 4.78 is 74.6. The van der Waals surface area contributed by atoms with E-state index in [1.54, 1.807) is 0 Å². The van der Waals surface area contributed by atoms with Gasteiger partial charge in [0.2, 0.25) is 0 Å². The van der Waals surface area contributed by atoms with Gasteiger partial charge >= 0.3 is 0 Å². The summed E-state index contributed by atoms with van der Waals surface area (Å²) in [5, 5.41) is 0.195. The molecular formula is C25H20F3N3O4S2. The third-order valence-electron chi connectivity index (χ3n) is 5.80. The number of sulfonamides is 1. The van der Waals surface area contributed by atoms with Crippen molar-refractivity contribution in [3.63, 3.8) is 0 Å². The van der Waals surface area contributed by atoms with E-state index in [1.165, 1.54) is 29.2 Å². The average molecular weight is 548 g/mol. The van der Waals surface area contributed by atoms with E-state index >= 15 is 0 Å². The van der Waals surface area contributed by atoms with Gasteiger partial charge in [0.25, 0.3) is 15.9 Å². The van der Waals surface area contributed by atoms with Crippen LogP contribution < -0.4 is 9.62 Å². The van der Waals surface area contributed by atoms with Crippen molar-refractivity contribution in [1.82, 2.24) is 4.98 Å². The van der Waals surface area contributed by atoms with Crippen molar-refractivity contribution in [3.8, 4) is 0 Å². The fraction of sp³-hybridized carbons (Fsp3) is 0.200. The Balaban J connectivity index is 1.41. The van der Waals surface area contributed by atoms with E-state index in [0.717, 1.165) is 60.6 Å². The molecule has 7 nitrogen and oxygen atoms in total. The van der Waals surface area contributed by atoms with Crippen LogP contribution >= 0.6 is 11.3 Å². The molecule has 1 aromatic heterocycles. The molecule has 0 saturated carbocycles. The van der Waals surface area contributed by atoms with E-state index in [2.05, 4.69) is 9.71 Å². The van der Waals surface area contributed by atoms with Gasteiger partial charge < -0.3 is 4.74 Å². The number of fused-ring (bicyclic) bond motifs is 1. The molecule has 1 amide bonds. The molecule has 192 valence electrons. The highest BCUT2D eigenvalue weighted by molar-refractivity contribution is 7.92. The second kappa shape index (κ2) is 10.1. The molecule has 1 atom stereocenters. The van der Waals surface area contributed by atoms with Crippen LogP contribution in [0.3, 0.4) is 0 Å². The molecule has 0 radical (unpaired) electrons. The summed E-state index contributed by atoms with van der Waals surface area (Å²) in [5.74, 6) is -2.57. The predicted octanol–water partition coefficient (Wildman–Crippen LogP) is 5.34. The molecule has 0 spiro atoms. The Bertz CT molecular complexity index is 1550. The maximum absolute atomic E-state index is 14.3. The summed E-state index contributed by atoms with van der Waals surface area (Å²) in [6.45, 7) is 0.733. The summed E-state index contributed by atoms with van der Waals surface area (Å²) >= 11 is 0.990. The van der Waals surface area contributed by atoms with Crippen LogP contribution in [0.1, 0.15) is 23.2 Å². The van der Waals surface area contributed by atoms with Gasteiger partial charge in [-0.05, 0) is 67.4 Å². The highest BCUT2D eigenvalue weighted by Crippen LogP contribution is 2.33. The van der Waals surface area contributed by atoms with Gasteiger partial charge in [-0.25, -0.2) is 26.6 Å².